The Labute approximate surface area is 213 Å². The SMILES string of the molecule is Cc1cccc(N(C(=O)c2snc(C(N)=O)c2N)[C@H](C(=O)NCCC(C)C)c2ccc(Cl)cc2)c1. The Bertz CT molecular complexity index is 1230. The van der Waals surface area contributed by atoms with Gasteiger partial charge in [0.15, 0.2) is 5.69 Å². The highest BCUT2D eigenvalue weighted by Crippen LogP contribution is 2.34. The summed E-state index contributed by atoms with van der Waals surface area (Å²) in [7, 11) is 0. The molecule has 0 saturated heterocycles. The van der Waals surface area contributed by atoms with Crippen LogP contribution in [0.15, 0.2) is 48.5 Å². The summed E-state index contributed by atoms with van der Waals surface area (Å²) in [5, 5.41) is 3.45. The average Bonchev–Trinajstić information content (AvgIpc) is 3.19. The van der Waals surface area contributed by atoms with Gasteiger partial charge >= 0.3 is 0 Å². The van der Waals surface area contributed by atoms with Crippen LogP contribution in [0.5, 0.6) is 0 Å². The second-order valence-corrected chi connectivity index (χ2v) is 9.79. The molecule has 0 fully saturated rings. The number of aromatic nitrogens is 1. The Morgan fingerprint density at radius 2 is 1.83 bits per heavy atom. The van der Waals surface area contributed by atoms with Crippen molar-refractivity contribution in [1.29, 1.82) is 0 Å². The van der Waals surface area contributed by atoms with E-state index in [1.54, 1.807) is 42.5 Å². The second-order valence-electron chi connectivity index (χ2n) is 8.58. The highest BCUT2D eigenvalue weighted by atomic mass is 35.5. The summed E-state index contributed by atoms with van der Waals surface area (Å²) in [5.41, 5.74) is 13.1. The van der Waals surface area contributed by atoms with Gasteiger partial charge in [0.2, 0.25) is 5.91 Å². The number of amides is 3. The first kappa shape index (κ1) is 26.2. The number of carbonyl (C=O) groups excluding carboxylic acids is 3. The normalized spacial score (nSPS) is 11.8. The molecule has 1 atom stereocenters. The van der Waals surface area contributed by atoms with Crippen LogP contribution in [0.2, 0.25) is 5.02 Å². The molecule has 2 aromatic carbocycles. The van der Waals surface area contributed by atoms with E-state index in [0.717, 1.165) is 23.5 Å². The minimum absolute atomic E-state index is 0.0225. The summed E-state index contributed by atoms with van der Waals surface area (Å²) in [6, 6.07) is 12.9. The van der Waals surface area contributed by atoms with Crippen molar-refractivity contribution in [3.05, 3.63) is 75.3 Å². The van der Waals surface area contributed by atoms with Gasteiger partial charge in [0.25, 0.3) is 11.8 Å². The Balaban J connectivity index is 2.16. The topological polar surface area (TPSA) is 131 Å². The number of benzene rings is 2. The number of nitrogens with one attached hydrogen (secondary N) is 1. The molecule has 1 heterocycles. The van der Waals surface area contributed by atoms with E-state index in [1.165, 1.54) is 4.90 Å². The molecule has 3 aromatic rings. The number of rotatable bonds is 9. The number of anilines is 2. The maximum atomic E-state index is 13.9. The molecule has 0 bridgehead atoms. The van der Waals surface area contributed by atoms with Crippen molar-refractivity contribution in [3.8, 4) is 0 Å². The Kier molecular flexibility index (Phi) is 8.48. The van der Waals surface area contributed by atoms with Gasteiger partial charge < -0.3 is 16.8 Å². The van der Waals surface area contributed by atoms with Crippen molar-refractivity contribution < 1.29 is 14.4 Å². The fourth-order valence-corrected chi connectivity index (χ4v) is 4.41. The lowest BCUT2D eigenvalue weighted by molar-refractivity contribution is -0.122. The number of primary amides is 1. The van der Waals surface area contributed by atoms with Crippen LogP contribution in [-0.2, 0) is 4.79 Å². The molecule has 3 rings (SSSR count). The molecule has 35 heavy (non-hydrogen) atoms. The Hall–Kier alpha value is -3.43. The number of hydrogen-bond acceptors (Lipinski definition) is 6. The first-order valence-electron chi connectivity index (χ1n) is 11.1. The summed E-state index contributed by atoms with van der Waals surface area (Å²) >= 11 is 6.86. The van der Waals surface area contributed by atoms with Crippen LogP contribution in [0.4, 0.5) is 11.4 Å². The molecule has 0 unspecified atom stereocenters. The molecule has 5 N–H and O–H groups in total. The number of aryl methyl sites for hydroxylation is 1. The van der Waals surface area contributed by atoms with Gasteiger partial charge in [-0.2, -0.15) is 4.37 Å². The van der Waals surface area contributed by atoms with E-state index in [0.29, 0.717) is 28.7 Å². The van der Waals surface area contributed by atoms with Gasteiger partial charge in [-0.1, -0.05) is 49.7 Å². The van der Waals surface area contributed by atoms with Crippen LogP contribution < -0.4 is 21.7 Å². The number of nitrogens with zero attached hydrogens (tertiary/aromatic N) is 2. The molecule has 3 amide bonds. The standard InChI is InChI=1S/C25H28ClN5O3S/c1-14(2)11-12-29-24(33)21(16-7-9-17(26)10-8-16)31(18-6-4-5-15(3)13-18)25(34)22-19(27)20(23(28)32)30-35-22/h4-10,13-14,21H,11-12,27H2,1-3H3,(H2,28,32)(H,29,33)/t21-/m0/s1. The fourth-order valence-electron chi connectivity index (χ4n) is 3.54. The van der Waals surface area contributed by atoms with E-state index in [9.17, 15) is 14.4 Å². The summed E-state index contributed by atoms with van der Waals surface area (Å²) in [6.45, 7) is 6.46. The molecule has 10 heteroatoms. The highest BCUT2D eigenvalue weighted by Gasteiger charge is 2.36. The van der Waals surface area contributed by atoms with Crippen molar-refractivity contribution in [1.82, 2.24) is 9.69 Å². The molecule has 0 aliphatic rings. The maximum Gasteiger partial charge on any atom is 0.273 e. The van der Waals surface area contributed by atoms with Crippen LogP contribution in [-0.4, -0.2) is 28.6 Å². The number of nitrogens with two attached hydrogens (primary N) is 2. The van der Waals surface area contributed by atoms with Gasteiger partial charge in [0.1, 0.15) is 10.9 Å². The van der Waals surface area contributed by atoms with Crippen molar-refractivity contribution in [2.24, 2.45) is 11.7 Å². The zero-order chi connectivity index (χ0) is 25.7. The summed E-state index contributed by atoms with van der Waals surface area (Å²) in [5.74, 6) is -1.37. The number of halogens is 1. The minimum atomic E-state index is -1.03. The smallest absolute Gasteiger partial charge is 0.273 e. The third kappa shape index (κ3) is 6.17. The van der Waals surface area contributed by atoms with E-state index in [-0.39, 0.29) is 22.2 Å². The number of hydrogen-bond donors (Lipinski definition) is 3. The molecule has 0 saturated carbocycles. The summed E-state index contributed by atoms with van der Waals surface area (Å²) in [6.07, 6.45) is 0.779. The lowest BCUT2D eigenvalue weighted by atomic mass is 10.0. The Morgan fingerprint density at radius 1 is 1.14 bits per heavy atom. The number of nitrogen functional groups attached to an aromatic ring is 1. The van der Waals surface area contributed by atoms with Crippen LogP contribution in [0.3, 0.4) is 0 Å². The van der Waals surface area contributed by atoms with Gasteiger partial charge in [-0.15, -0.1) is 0 Å². The van der Waals surface area contributed by atoms with Gasteiger partial charge in [0, 0.05) is 17.3 Å². The second kappa shape index (κ2) is 11.3. The Morgan fingerprint density at radius 3 is 2.40 bits per heavy atom. The zero-order valence-corrected chi connectivity index (χ0v) is 21.3. The third-order valence-electron chi connectivity index (χ3n) is 5.37. The quantitative estimate of drug-likeness (QED) is 0.391. The van der Waals surface area contributed by atoms with Crippen LogP contribution in [0.1, 0.15) is 57.6 Å². The van der Waals surface area contributed by atoms with Crippen LogP contribution in [0.25, 0.3) is 0 Å². The van der Waals surface area contributed by atoms with Crippen molar-refractivity contribution in [3.63, 3.8) is 0 Å². The lowest BCUT2D eigenvalue weighted by Gasteiger charge is -2.31. The molecular formula is C25H28ClN5O3S. The van der Waals surface area contributed by atoms with Gasteiger partial charge in [-0.05, 0) is 66.2 Å². The molecule has 0 aliphatic carbocycles. The molecular weight excluding hydrogens is 486 g/mol. The fraction of sp³-hybridized carbons (Fsp3) is 0.280. The predicted molar refractivity (Wildman–Crippen MR) is 140 cm³/mol. The van der Waals surface area contributed by atoms with E-state index < -0.39 is 17.9 Å². The number of carbonyl (C=O) groups is 3. The molecule has 0 aliphatic heterocycles. The first-order valence-corrected chi connectivity index (χ1v) is 12.2. The first-order chi connectivity index (χ1) is 16.6. The molecule has 0 spiro atoms. The van der Waals surface area contributed by atoms with Crippen LogP contribution in [0, 0.1) is 12.8 Å². The third-order valence-corrected chi connectivity index (χ3v) is 6.47. The molecule has 184 valence electrons. The van der Waals surface area contributed by atoms with Crippen LogP contribution >= 0.6 is 23.1 Å². The zero-order valence-electron chi connectivity index (χ0n) is 19.7. The van der Waals surface area contributed by atoms with E-state index in [2.05, 4.69) is 23.5 Å². The highest BCUT2D eigenvalue weighted by molar-refractivity contribution is 7.09. The van der Waals surface area contributed by atoms with E-state index in [1.807, 2.05) is 13.0 Å². The molecule has 1 aromatic heterocycles. The largest absolute Gasteiger partial charge is 0.395 e. The van der Waals surface area contributed by atoms with Gasteiger partial charge in [0.05, 0.1) is 5.69 Å². The molecule has 0 radical (unpaired) electrons. The minimum Gasteiger partial charge on any atom is -0.395 e. The maximum absolute atomic E-state index is 13.9. The van der Waals surface area contributed by atoms with E-state index in [4.69, 9.17) is 23.1 Å². The summed E-state index contributed by atoms with van der Waals surface area (Å²) < 4.78 is 3.96. The van der Waals surface area contributed by atoms with Crippen molar-refractivity contribution in [2.45, 2.75) is 33.2 Å². The molecule has 8 nitrogen and oxygen atoms in total. The van der Waals surface area contributed by atoms with Crippen molar-refractivity contribution in [2.75, 3.05) is 17.2 Å². The lowest BCUT2D eigenvalue weighted by Crippen LogP contribution is -2.44. The average molecular weight is 514 g/mol. The van der Waals surface area contributed by atoms with Gasteiger partial charge in [-0.25, -0.2) is 0 Å². The monoisotopic (exact) mass is 513 g/mol. The van der Waals surface area contributed by atoms with Crippen molar-refractivity contribution >= 4 is 52.2 Å². The van der Waals surface area contributed by atoms with E-state index >= 15 is 0 Å². The summed E-state index contributed by atoms with van der Waals surface area (Å²) in [4.78, 5) is 40.6. The predicted octanol–water partition coefficient (Wildman–Crippen LogP) is 4.34. The van der Waals surface area contributed by atoms with Gasteiger partial charge in [-0.3, -0.25) is 19.3 Å².